The fraction of sp³-hybridized carbons (Fsp3) is 0.484. The van der Waals surface area contributed by atoms with E-state index >= 15 is 0 Å². The standard InChI is InChI=1S/C25H27ClN4O4.C6H12/c1-16-24(33)28(12-10-18-4-3-5-20(26)14-18)15-22-29(13-11-23(32)30(16)22)25(34)27-21-8-6-19(7-9-21)17(2)31;1-2-4-6-5-3-1/h3-9,14,16,22H,10-13,15H2,1-2H3,(H,27,34);1-6H2/t16-,22+;/m0./s1. The van der Waals surface area contributed by atoms with E-state index in [0.29, 0.717) is 29.2 Å². The zero-order chi connectivity index (χ0) is 28.6. The second kappa shape index (κ2) is 13.8. The Morgan fingerprint density at radius 2 is 1.62 bits per heavy atom. The van der Waals surface area contributed by atoms with E-state index in [0.717, 1.165) is 5.56 Å². The predicted octanol–water partition coefficient (Wildman–Crippen LogP) is 5.75. The highest BCUT2D eigenvalue weighted by atomic mass is 35.5. The molecule has 2 aromatic rings. The third-order valence-corrected chi connectivity index (χ3v) is 8.10. The van der Waals surface area contributed by atoms with Crippen molar-refractivity contribution in [2.75, 3.05) is 25.0 Å². The normalized spacial score (nSPS) is 20.8. The molecular formula is C31H39ClN4O4. The number of carbonyl (C=O) groups excluding carboxylic acids is 4. The summed E-state index contributed by atoms with van der Waals surface area (Å²) in [5, 5.41) is 3.49. The summed E-state index contributed by atoms with van der Waals surface area (Å²) in [7, 11) is 0. The van der Waals surface area contributed by atoms with Crippen molar-refractivity contribution in [2.24, 2.45) is 0 Å². The van der Waals surface area contributed by atoms with Crippen LogP contribution in [0.3, 0.4) is 0 Å². The minimum absolute atomic E-state index is 0.0539. The molecule has 1 saturated carbocycles. The number of rotatable bonds is 5. The first-order valence-corrected chi connectivity index (χ1v) is 14.7. The number of ketones is 1. The van der Waals surface area contributed by atoms with Gasteiger partial charge in [-0.25, -0.2) is 4.79 Å². The first kappa shape index (κ1) is 29.6. The maximum absolute atomic E-state index is 13.2. The lowest BCUT2D eigenvalue weighted by molar-refractivity contribution is -0.165. The molecule has 4 amide bonds. The van der Waals surface area contributed by atoms with Crippen molar-refractivity contribution in [1.29, 1.82) is 0 Å². The predicted molar refractivity (Wildman–Crippen MR) is 156 cm³/mol. The van der Waals surface area contributed by atoms with Crippen molar-refractivity contribution in [2.45, 2.75) is 77.4 Å². The SMILES string of the molecule is C1CCCCC1.CC(=O)c1ccc(NC(=O)N2CCC(=O)N3[C@@H]2CN(CCc2cccc(Cl)c2)C(=O)[C@@H]3C)cc1. The van der Waals surface area contributed by atoms with Gasteiger partial charge in [0.1, 0.15) is 12.2 Å². The molecule has 3 aliphatic rings. The lowest BCUT2D eigenvalue weighted by Crippen LogP contribution is -2.71. The van der Waals surface area contributed by atoms with Gasteiger partial charge in [0, 0.05) is 35.8 Å². The van der Waals surface area contributed by atoms with Crippen LogP contribution in [0, 0.1) is 0 Å². The molecule has 5 rings (SSSR count). The quantitative estimate of drug-likeness (QED) is 0.467. The molecule has 2 aromatic carbocycles. The van der Waals surface area contributed by atoms with Crippen molar-refractivity contribution in [1.82, 2.24) is 14.7 Å². The number of nitrogens with one attached hydrogen (secondary N) is 1. The third-order valence-electron chi connectivity index (χ3n) is 7.87. The van der Waals surface area contributed by atoms with Crippen LogP contribution < -0.4 is 5.32 Å². The molecule has 0 spiro atoms. The highest BCUT2D eigenvalue weighted by molar-refractivity contribution is 6.30. The number of nitrogens with zero attached hydrogens (tertiary/aromatic N) is 3. The molecule has 3 fully saturated rings. The van der Waals surface area contributed by atoms with E-state index in [1.54, 1.807) is 47.1 Å². The Bertz CT molecular complexity index is 1200. The Morgan fingerprint density at radius 3 is 2.23 bits per heavy atom. The summed E-state index contributed by atoms with van der Waals surface area (Å²) in [6.07, 6.45) is 9.23. The molecule has 1 N–H and O–H groups in total. The summed E-state index contributed by atoms with van der Waals surface area (Å²) in [5.41, 5.74) is 2.12. The highest BCUT2D eigenvalue weighted by Gasteiger charge is 2.46. The van der Waals surface area contributed by atoms with Crippen LogP contribution in [-0.4, -0.2) is 70.2 Å². The van der Waals surface area contributed by atoms with Crippen molar-refractivity contribution in [3.05, 3.63) is 64.7 Å². The molecule has 0 radical (unpaired) electrons. The van der Waals surface area contributed by atoms with Gasteiger partial charge >= 0.3 is 6.03 Å². The molecule has 2 aliphatic heterocycles. The van der Waals surface area contributed by atoms with Gasteiger partial charge in [-0.3, -0.25) is 14.4 Å². The molecule has 1 aliphatic carbocycles. The number of amides is 4. The summed E-state index contributed by atoms with van der Waals surface area (Å²) >= 11 is 6.08. The van der Waals surface area contributed by atoms with E-state index in [-0.39, 0.29) is 43.1 Å². The fourth-order valence-electron chi connectivity index (χ4n) is 5.58. The van der Waals surface area contributed by atoms with E-state index in [4.69, 9.17) is 11.6 Å². The summed E-state index contributed by atoms with van der Waals surface area (Å²) in [6.45, 7) is 4.16. The molecule has 9 heteroatoms. The average molecular weight is 567 g/mol. The van der Waals surface area contributed by atoms with Gasteiger partial charge in [0.05, 0.1) is 6.54 Å². The van der Waals surface area contributed by atoms with Crippen LogP contribution in [0.15, 0.2) is 48.5 Å². The molecule has 40 heavy (non-hydrogen) atoms. The van der Waals surface area contributed by atoms with Crippen LogP contribution in [-0.2, 0) is 16.0 Å². The van der Waals surface area contributed by atoms with Gasteiger partial charge in [0.2, 0.25) is 11.8 Å². The number of piperazine rings is 1. The number of fused-ring (bicyclic) bond motifs is 1. The summed E-state index contributed by atoms with van der Waals surface area (Å²) in [4.78, 5) is 55.2. The molecule has 2 atom stereocenters. The zero-order valence-electron chi connectivity index (χ0n) is 23.4. The van der Waals surface area contributed by atoms with Crippen molar-refractivity contribution >= 4 is 40.9 Å². The van der Waals surface area contributed by atoms with Gasteiger partial charge in [0.15, 0.2) is 5.78 Å². The first-order chi connectivity index (χ1) is 19.2. The summed E-state index contributed by atoms with van der Waals surface area (Å²) < 4.78 is 0. The maximum atomic E-state index is 13.2. The molecule has 2 saturated heterocycles. The minimum atomic E-state index is -0.656. The van der Waals surface area contributed by atoms with Crippen molar-refractivity contribution < 1.29 is 19.2 Å². The molecule has 0 bridgehead atoms. The topological polar surface area (TPSA) is 90.0 Å². The smallest absolute Gasteiger partial charge is 0.323 e. The Kier molecular flexibility index (Phi) is 10.2. The second-order valence-electron chi connectivity index (χ2n) is 10.8. The molecule has 8 nitrogen and oxygen atoms in total. The van der Waals surface area contributed by atoms with Crippen LogP contribution >= 0.6 is 11.6 Å². The number of hydrogen-bond acceptors (Lipinski definition) is 4. The maximum Gasteiger partial charge on any atom is 0.323 e. The number of urea groups is 1. The largest absolute Gasteiger partial charge is 0.337 e. The zero-order valence-corrected chi connectivity index (χ0v) is 24.2. The second-order valence-corrected chi connectivity index (χ2v) is 11.2. The molecule has 2 heterocycles. The Hall–Kier alpha value is -3.39. The van der Waals surface area contributed by atoms with Gasteiger partial charge in [-0.2, -0.15) is 0 Å². The number of benzene rings is 2. The number of halogens is 1. The van der Waals surface area contributed by atoms with E-state index < -0.39 is 12.2 Å². The van der Waals surface area contributed by atoms with Crippen LogP contribution in [0.1, 0.15) is 74.7 Å². The molecular weight excluding hydrogens is 528 g/mol. The van der Waals surface area contributed by atoms with Gasteiger partial charge in [-0.05, 0) is 62.2 Å². The first-order valence-electron chi connectivity index (χ1n) is 14.3. The van der Waals surface area contributed by atoms with Crippen LogP contribution in [0.4, 0.5) is 10.5 Å². The summed E-state index contributed by atoms with van der Waals surface area (Å²) in [6, 6.07) is 13.1. The Morgan fingerprint density at radius 1 is 0.975 bits per heavy atom. The third kappa shape index (κ3) is 7.42. The number of anilines is 1. The highest BCUT2D eigenvalue weighted by Crippen LogP contribution is 2.26. The van der Waals surface area contributed by atoms with Crippen molar-refractivity contribution in [3.63, 3.8) is 0 Å². The number of hydrogen-bond donors (Lipinski definition) is 1. The van der Waals surface area contributed by atoms with Crippen LogP contribution in [0.25, 0.3) is 0 Å². The lowest BCUT2D eigenvalue weighted by atomic mass is 10.0. The molecule has 214 valence electrons. The monoisotopic (exact) mass is 566 g/mol. The fourth-order valence-corrected chi connectivity index (χ4v) is 5.79. The molecule has 0 aromatic heterocycles. The van der Waals surface area contributed by atoms with Gasteiger partial charge in [-0.15, -0.1) is 0 Å². The molecule has 0 unspecified atom stereocenters. The minimum Gasteiger partial charge on any atom is -0.337 e. The van der Waals surface area contributed by atoms with Crippen LogP contribution in [0.2, 0.25) is 5.02 Å². The van der Waals surface area contributed by atoms with Gasteiger partial charge in [0.25, 0.3) is 0 Å². The van der Waals surface area contributed by atoms with E-state index in [1.165, 1.54) is 50.3 Å². The Labute approximate surface area is 241 Å². The van der Waals surface area contributed by atoms with E-state index in [2.05, 4.69) is 5.32 Å². The lowest BCUT2D eigenvalue weighted by Gasteiger charge is -2.51. The Balaban J connectivity index is 0.000000546. The van der Waals surface area contributed by atoms with Gasteiger partial charge < -0.3 is 20.0 Å². The number of Topliss-reactive ketones (excluding diaryl/α,β-unsaturated/α-hetero) is 1. The van der Waals surface area contributed by atoms with Crippen LogP contribution in [0.5, 0.6) is 0 Å². The van der Waals surface area contributed by atoms with E-state index in [9.17, 15) is 19.2 Å². The summed E-state index contributed by atoms with van der Waals surface area (Å²) in [5.74, 6) is -0.314. The average Bonchev–Trinajstić information content (AvgIpc) is 2.95. The van der Waals surface area contributed by atoms with Gasteiger partial charge in [-0.1, -0.05) is 62.3 Å². The number of carbonyl (C=O) groups is 4. The van der Waals surface area contributed by atoms with E-state index in [1.807, 2.05) is 18.2 Å². The van der Waals surface area contributed by atoms with Crippen molar-refractivity contribution in [3.8, 4) is 0 Å².